The van der Waals surface area contributed by atoms with E-state index in [2.05, 4.69) is 33.2 Å². The van der Waals surface area contributed by atoms with Gasteiger partial charge in [-0.25, -0.2) is 4.98 Å². The Balaban J connectivity index is 2.76. The summed E-state index contributed by atoms with van der Waals surface area (Å²) in [5.41, 5.74) is 6.06. The van der Waals surface area contributed by atoms with Gasteiger partial charge in [0.2, 0.25) is 0 Å². The minimum Gasteiger partial charge on any atom is -0.384 e. The highest BCUT2D eigenvalue weighted by atomic mass is 79.9. The number of nitrogens with one attached hydrogen (secondary N) is 1. The van der Waals surface area contributed by atoms with Crippen LogP contribution in [0.1, 0.15) is 30.1 Å². The largest absolute Gasteiger partial charge is 0.384 e. The third-order valence-corrected chi connectivity index (χ3v) is 3.09. The van der Waals surface area contributed by atoms with E-state index >= 15 is 0 Å². The fourth-order valence-electron chi connectivity index (χ4n) is 1.64. The van der Waals surface area contributed by atoms with Crippen LogP contribution in [0.4, 0.5) is 5.82 Å². The minimum atomic E-state index is -0.175. The SMILES string of the molecule is CCCC(COC)NC(=O)c1cc(N)ncc1Br. The van der Waals surface area contributed by atoms with Gasteiger partial charge in [0.25, 0.3) is 5.91 Å². The van der Waals surface area contributed by atoms with Gasteiger partial charge in [0.05, 0.1) is 18.2 Å². The molecular formula is C12H18BrN3O2. The number of pyridine rings is 1. The lowest BCUT2D eigenvalue weighted by atomic mass is 10.1. The van der Waals surface area contributed by atoms with Gasteiger partial charge in [0, 0.05) is 17.8 Å². The molecule has 1 heterocycles. The van der Waals surface area contributed by atoms with Crippen molar-refractivity contribution in [1.82, 2.24) is 10.3 Å². The Hall–Kier alpha value is -1.14. The van der Waals surface area contributed by atoms with E-state index in [0.717, 1.165) is 12.8 Å². The highest BCUT2D eigenvalue weighted by molar-refractivity contribution is 9.10. The van der Waals surface area contributed by atoms with E-state index < -0.39 is 0 Å². The fourth-order valence-corrected chi connectivity index (χ4v) is 2.04. The Bertz CT molecular complexity index is 406. The Morgan fingerprint density at radius 3 is 3.00 bits per heavy atom. The van der Waals surface area contributed by atoms with Crippen molar-refractivity contribution in [3.05, 3.63) is 22.3 Å². The number of halogens is 1. The molecule has 0 bridgehead atoms. The van der Waals surface area contributed by atoms with Gasteiger partial charge in [-0.05, 0) is 28.4 Å². The molecule has 1 rings (SSSR count). The summed E-state index contributed by atoms with van der Waals surface area (Å²) in [5.74, 6) is 0.147. The van der Waals surface area contributed by atoms with Crippen LogP contribution in [0.5, 0.6) is 0 Å². The quantitative estimate of drug-likeness (QED) is 0.841. The number of methoxy groups -OCH3 is 1. The van der Waals surface area contributed by atoms with Crippen LogP contribution in [0.25, 0.3) is 0 Å². The van der Waals surface area contributed by atoms with Crippen LogP contribution in [0.15, 0.2) is 16.7 Å². The van der Waals surface area contributed by atoms with Crippen LogP contribution in [-0.2, 0) is 4.74 Å². The van der Waals surface area contributed by atoms with Gasteiger partial charge in [0.1, 0.15) is 5.82 Å². The second-order valence-electron chi connectivity index (χ2n) is 4.00. The van der Waals surface area contributed by atoms with Gasteiger partial charge in [-0.3, -0.25) is 4.79 Å². The van der Waals surface area contributed by atoms with Crippen molar-refractivity contribution in [2.45, 2.75) is 25.8 Å². The van der Waals surface area contributed by atoms with E-state index in [-0.39, 0.29) is 11.9 Å². The zero-order valence-corrected chi connectivity index (χ0v) is 12.2. The van der Waals surface area contributed by atoms with Crippen LogP contribution >= 0.6 is 15.9 Å². The van der Waals surface area contributed by atoms with Crippen LogP contribution in [-0.4, -0.2) is 30.6 Å². The predicted octanol–water partition coefficient (Wildman–Crippen LogP) is 1.97. The fraction of sp³-hybridized carbons (Fsp3) is 0.500. The molecular weight excluding hydrogens is 298 g/mol. The predicted molar refractivity (Wildman–Crippen MR) is 74.4 cm³/mol. The van der Waals surface area contributed by atoms with Gasteiger partial charge >= 0.3 is 0 Å². The number of carbonyl (C=O) groups excluding carboxylic acids is 1. The van der Waals surface area contributed by atoms with Gasteiger partial charge in [-0.15, -0.1) is 0 Å². The van der Waals surface area contributed by atoms with E-state index in [4.69, 9.17) is 10.5 Å². The number of rotatable bonds is 6. The Labute approximate surface area is 115 Å². The van der Waals surface area contributed by atoms with Gasteiger partial charge < -0.3 is 15.8 Å². The molecule has 0 aromatic carbocycles. The molecule has 1 unspecified atom stereocenters. The molecule has 0 saturated heterocycles. The van der Waals surface area contributed by atoms with Crippen molar-refractivity contribution in [3.8, 4) is 0 Å². The maximum Gasteiger partial charge on any atom is 0.252 e. The lowest BCUT2D eigenvalue weighted by Gasteiger charge is -2.17. The third kappa shape index (κ3) is 4.27. The van der Waals surface area contributed by atoms with Crippen LogP contribution < -0.4 is 11.1 Å². The highest BCUT2D eigenvalue weighted by Crippen LogP contribution is 2.17. The molecule has 0 spiro atoms. The summed E-state index contributed by atoms with van der Waals surface area (Å²) >= 11 is 3.29. The maximum absolute atomic E-state index is 12.1. The van der Waals surface area contributed by atoms with Crippen molar-refractivity contribution in [3.63, 3.8) is 0 Å². The number of nitrogen functional groups attached to an aromatic ring is 1. The molecule has 0 aliphatic heterocycles. The Kier molecular flexibility index (Phi) is 6.07. The molecule has 1 amide bonds. The number of ether oxygens (including phenoxy) is 1. The third-order valence-electron chi connectivity index (χ3n) is 2.46. The number of nitrogens with two attached hydrogens (primary N) is 1. The van der Waals surface area contributed by atoms with Crippen molar-refractivity contribution < 1.29 is 9.53 Å². The molecule has 18 heavy (non-hydrogen) atoms. The summed E-state index contributed by atoms with van der Waals surface area (Å²) in [6.07, 6.45) is 3.38. The molecule has 0 fully saturated rings. The second-order valence-corrected chi connectivity index (χ2v) is 4.86. The van der Waals surface area contributed by atoms with Crippen molar-refractivity contribution >= 4 is 27.7 Å². The normalized spacial score (nSPS) is 12.2. The van der Waals surface area contributed by atoms with Crippen molar-refractivity contribution in [1.29, 1.82) is 0 Å². The summed E-state index contributed by atoms with van der Waals surface area (Å²) in [7, 11) is 1.62. The van der Waals surface area contributed by atoms with Crippen LogP contribution in [0.3, 0.4) is 0 Å². The first-order valence-corrected chi connectivity index (χ1v) is 6.58. The summed E-state index contributed by atoms with van der Waals surface area (Å²) < 4.78 is 5.71. The number of nitrogens with zero attached hydrogens (tertiary/aromatic N) is 1. The summed E-state index contributed by atoms with van der Waals surface area (Å²) in [5, 5.41) is 2.93. The Morgan fingerprint density at radius 2 is 2.39 bits per heavy atom. The summed E-state index contributed by atoms with van der Waals surface area (Å²) in [6, 6.07) is 1.56. The number of anilines is 1. The van der Waals surface area contributed by atoms with E-state index in [1.807, 2.05) is 0 Å². The summed E-state index contributed by atoms with van der Waals surface area (Å²) in [6.45, 7) is 2.56. The lowest BCUT2D eigenvalue weighted by molar-refractivity contribution is 0.0891. The van der Waals surface area contributed by atoms with Crippen LogP contribution in [0.2, 0.25) is 0 Å². The first kappa shape index (κ1) is 14.9. The molecule has 1 atom stereocenters. The number of amides is 1. The molecule has 6 heteroatoms. The first-order valence-electron chi connectivity index (χ1n) is 5.79. The number of carbonyl (C=O) groups is 1. The van der Waals surface area contributed by atoms with Gasteiger partial charge in [0.15, 0.2) is 0 Å². The topological polar surface area (TPSA) is 77.2 Å². The molecule has 5 nitrogen and oxygen atoms in total. The Morgan fingerprint density at radius 1 is 1.67 bits per heavy atom. The summed E-state index contributed by atoms with van der Waals surface area (Å²) in [4.78, 5) is 16.0. The van der Waals surface area contributed by atoms with E-state index in [1.165, 1.54) is 6.20 Å². The van der Waals surface area contributed by atoms with Crippen molar-refractivity contribution in [2.24, 2.45) is 0 Å². The van der Waals surface area contributed by atoms with E-state index in [9.17, 15) is 4.79 Å². The zero-order valence-electron chi connectivity index (χ0n) is 10.6. The lowest BCUT2D eigenvalue weighted by Crippen LogP contribution is -2.38. The average molecular weight is 316 g/mol. The molecule has 0 saturated carbocycles. The molecule has 1 aromatic heterocycles. The number of hydrogen-bond donors (Lipinski definition) is 2. The monoisotopic (exact) mass is 315 g/mol. The standard InChI is InChI=1S/C12H18BrN3O2/c1-3-4-8(7-18-2)16-12(17)9-5-11(14)15-6-10(9)13/h5-6,8H,3-4,7H2,1-2H3,(H2,14,15)(H,16,17). The number of hydrogen-bond acceptors (Lipinski definition) is 4. The van der Waals surface area contributed by atoms with E-state index in [1.54, 1.807) is 13.2 Å². The molecule has 1 aromatic rings. The number of aromatic nitrogens is 1. The molecule has 0 radical (unpaired) electrons. The van der Waals surface area contributed by atoms with Crippen LogP contribution in [0, 0.1) is 0 Å². The van der Waals surface area contributed by atoms with E-state index in [0.29, 0.717) is 22.5 Å². The first-order chi connectivity index (χ1) is 8.58. The molecule has 0 aliphatic carbocycles. The average Bonchev–Trinajstić information content (AvgIpc) is 2.33. The van der Waals surface area contributed by atoms with Crippen molar-refractivity contribution in [2.75, 3.05) is 19.5 Å². The second kappa shape index (κ2) is 7.33. The zero-order chi connectivity index (χ0) is 13.5. The molecule has 3 N–H and O–H groups in total. The van der Waals surface area contributed by atoms with Gasteiger partial charge in [-0.2, -0.15) is 0 Å². The minimum absolute atomic E-state index is 0.00814. The highest BCUT2D eigenvalue weighted by Gasteiger charge is 2.15. The maximum atomic E-state index is 12.1. The van der Waals surface area contributed by atoms with Gasteiger partial charge in [-0.1, -0.05) is 13.3 Å². The molecule has 0 aliphatic rings. The molecule has 100 valence electrons. The smallest absolute Gasteiger partial charge is 0.252 e.